The molecule has 3 aliphatic rings. The standard InChI is InChI=1S/C24H19N3O4/c1-2-31-24(30)15-7-9-16(10-8-15)27-22(28)19-18(13-25)26-12-11-14-5-3-4-6-17(14)21(26)20(19)23(27)29/h3-12,18-21H,2H2,1H3/t18-,19-,20+,21+/m0/s1. The molecule has 7 heteroatoms. The molecule has 7 nitrogen and oxygen atoms in total. The highest BCUT2D eigenvalue weighted by Crippen LogP contribution is 2.52. The predicted molar refractivity (Wildman–Crippen MR) is 111 cm³/mol. The molecule has 2 amide bonds. The first-order valence-corrected chi connectivity index (χ1v) is 10.2. The van der Waals surface area contributed by atoms with Crippen LogP contribution in [-0.2, 0) is 14.3 Å². The lowest BCUT2D eigenvalue weighted by atomic mass is 9.85. The fraction of sp³-hybridized carbons (Fsp3) is 0.250. The lowest BCUT2D eigenvalue weighted by molar-refractivity contribution is -0.123. The molecule has 3 heterocycles. The summed E-state index contributed by atoms with van der Waals surface area (Å²) in [6.07, 6.45) is 3.73. The van der Waals surface area contributed by atoms with Crippen molar-refractivity contribution in [3.05, 3.63) is 71.4 Å². The Hall–Kier alpha value is -3.92. The van der Waals surface area contributed by atoms with Crippen LogP contribution in [0, 0.1) is 23.2 Å². The number of carbonyl (C=O) groups is 3. The largest absolute Gasteiger partial charge is 0.462 e. The molecule has 4 atom stereocenters. The molecule has 5 rings (SSSR count). The van der Waals surface area contributed by atoms with Gasteiger partial charge in [0.05, 0.1) is 41.8 Å². The van der Waals surface area contributed by atoms with Gasteiger partial charge in [0, 0.05) is 6.20 Å². The van der Waals surface area contributed by atoms with Crippen LogP contribution in [0.3, 0.4) is 0 Å². The number of fused-ring (bicyclic) bond motifs is 5. The average molecular weight is 413 g/mol. The van der Waals surface area contributed by atoms with E-state index in [0.717, 1.165) is 16.0 Å². The van der Waals surface area contributed by atoms with Crippen LogP contribution in [-0.4, -0.2) is 35.3 Å². The van der Waals surface area contributed by atoms with Gasteiger partial charge in [-0.3, -0.25) is 9.59 Å². The molecule has 0 N–H and O–H groups in total. The minimum atomic E-state index is -0.747. The maximum Gasteiger partial charge on any atom is 0.338 e. The summed E-state index contributed by atoms with van der Waals surface area (Å²) in [5, 5.41) is 9.85. The molecule has 0 aromatic heterocycles. The van der Waals surface area contributed by atoms with Crippen molar-refractivity contribution in [2.24, 2.45) is 11.8 Å². The molecule has 0 unspecified atom stereocenters. The fourth-order valence-corrected chi connectivity index (χ4v) is 4.92. The number of esters is 1. The Morgan fingerprint density at radius 3 is 2.48 bits per heavy atom. The number of anilines is 1. The number of hydrogen-bond donors (Lipinski definition) is 0. The third kappa shape index (κ3) is 2.68. The Labute approximate surface area is 179 Å². The normalized spacial score (nSPS) is 25.7. The first-order valence-electron chi connectivity index (χ1n) is 10.2. The van der Waals surface area contributed by atoms with Gasteiger partial charge < -0.3 is 9.64 Å². The summed E-state index contributed by atoms with van der Waals surface area (Å²) >= 11 is 0. The van der Waals surface area contributed by atoms with Crippen LogP contribution in [0.5, 0.6) is 0 Å². The summed E-state index contributed by atoms with van der Waals surface area (Å²) in [6.45, 7) is 1.98. The maximum absolute atomic E-state index is 13.5. The van der Waals surface area contributed by atoms with E-state index in [4.69, 9.17) is 4.74 Å². The van der Waals surface area contributed by atoms with E-state index in [1.807, 2.05) is 41.4 Å². The number of hydrogen-bond acceptors (Lipinski definition) is 6. The van der Waals surface area contributed by atoms with Crippen molar-refractivity contribution < 1.29 is 19.1 Å². The van der Waals surface area contributed by atoms with E-state index in [2.05, 4.69) is 6.07 Å². The summed E-state index contributed by atoms with van der Waals surface area (Å²) in [4.78, 5) is 41.8. The van der Waals surface area contributed by atoms with Crippen LogP contribution in [0.25, 0.3) is 6.08 Å². The average Bonchev–Trinajstić information content (AvgIpc) is 3.26. The molecular formula is C24H19N3O4. The number of carbonyl (C=O) groups excluding carboxylic acids is 3. The maximum atomic E-state index is 13.5. The second kappa shape index (κ2) is 7.10. The third-order valence-corrected chi connectivity index (χ3v) is 6.23. The Kier molecular flexibility index (Phi) is 4.36. The van der Waals surface area contributed by atoms with Crippen molar-refractivity contribution in [2.75, 3.05) is 11.5 Å². The molecule has 2 saturated heterocycles. The lowest BCUT2D eigenvalue weighted by Crippen LogP contribution is -2.40. The quantitative estimate of drug-likeness (QED) is 0.568. The molecule has 0 radical (unpaired) electrons. The Morgan fingerprint density at radius 1 is 1.06 bits per heavy atom. The monoisotopic (exact) mass is 413 g/mol. The number of ether oxygens (including phenoxy) is 1. The molecule has 3 aliphatic heterocycles. The van der Waals surface area contributed by atoms with Crippen LogP contribution in [0.4, 0.5) is 5.69 Å². The van der Waals surface area contributed by atoms with Crippen molar-refractivity contribution in [1.82, 2.24) is 4.90 Å². The highest BCUT2D eigenvalue weighted by atomic mass is 16.5. The van der Waals surface area contributed by atoms with Crippen molar-refractivity contribution in [2.45, 2.75) is 19.0 Å². The van der Waals surface area contributed by atoms with Crippen molar-refractivity contribution in [3.63, 3.8) is 0 Å². The smallest absolute Gasteiger partial charge is 0.338 e. The van der Waals surface area contributed by atoms with Crippen LogP contribution in [0.1, 0.15) is 34.5 Å². The molecule has 31 heavy (non-hydrogen) atoms. The van der Waals surface area contributed by atoms with Crippen molar-refractivity contribution >= 4 is 29.5 Å². The van der Waals surface area contributed by atoms with Gasteiger partial charge in [-0.05, 0) is 48.4 Å². The SMILES string of the molecule is CCOC(=O)c1ccc(N2C(=O)[C@@H]3[C@@H](C2=O)[C@H](C#N)N2C=Cc4ccccc4[C@H]32)cc1. The Bertz CT molecular complexity index is 1160. The van der Waals surface area contributed by atoms with Crippen LogP contribution < -0.4 is 4.90 Å². The van der Waals surface area contributed by atoms with Crippen LogP contribution in [0.2, 0.25) is 0 Å². The summed E-state index contributed by atoms with van der Waals surface area (Å²) in [7, 11) is 0. The fourth-order valence-electron chi connectivity index (χ4n) is 4.92. The van der Waals surface area contributed by atoms with Gasteiger partial charge in [0.15, 0.2) is 0 Å². The number of imide groups is 1. The molecule has 2 aromatic carbocycles. The molecule has 0 spiro atoms. The van der Waals surface area contributed by atoms with E-state index in [1.165, 1.54) is 12.1 Å². The Morgan fingerprint density at radius 2 is 1.77 bits per heavy atom. The molecule has 154 valence electrons. The summed E-state index contributed by atoms with van der Waals surface area (Å²) in [5.41, 5.74) is 2.66. The Balaban J connectivity index is 1.52. The number of rotatable bonds is 3. The van der Waals surface area contributed by atoms with Crippen LogP contribution in [0.15, 0.2) is 54.7 Å². The molecule has 0 aliphatic carbocycles. The minimum absolute atomic E-state index is 0.260. The second-order valence-corrected chi connectivity index (χ2v) is 7.74. The second-order valence-electron chi connectivity index (χ2n) is 7.74. The van der Waals surface area contributed by atoms with Gasteiger partial charge in [-0.2, -0.15) is 5.26 Å². The molecule has 2 aromatic rings. The summed E-state index contributed by atoms with van der Waals surface area (Å²) in [6, 6.07) is 15.1. The minimum Gasteiger partial charge on any atom is -0.462 e. The van der Waals surface area contributed by atoms with Crippen LogP contribution >= 0.6 is 0 Å². The topological polar surface area (TPSA) is 90.7 Å². The van der Waals surface area contributed by atoms with E-state index in [1.54, 1.807) is 19.1 Å². The zero-order valence-corrected chi connectivity index (χ0v) is 16.8. The van der Waals surface area contributed by atoms with E-state index in [9.17, 15) is 19.6 Å². The van der Waals surface area contributed by atoms with Gasteiger partial charge in [0.1, 0.15) is 6.04 Å². The zero-order chi connectivity index (χ0) is 21.7. The van der Waals surface area contributed by atoms with Gasteiger partial charge >= 0.3 is 5.97 Å². The highest BCUT2D eigenvalue weighted by Gasteiger charge is 2.63. The van der Waals surface area contributed by atoms with Gasteiger partial charge in [-0.25, -0.2) is 9.69 Å². The number of nitrogens with zero attached hydrogens (tertiary/aromatic N) is 3. The van der Waals surface area contributed by atoms with E-state index in [-0.39, 0.29) is 24.5 Å². The van der Waals surface area contributed by atoms with Gasteiger partial charge in [-0.15, -0.1) is 0 Å². The zero-order valence-electron chi connectivity index (χ0n) is 16.8. The van der Waals surface area contributed by atoms with E-state index < -0.39 is 23.8 Å². The van der Waals surface area contributed by atoms with Gasteiger partial charge in [-0.1, -0.05) is 24.3 Å². The number of nitriles is 1. The summed E-state index contributed by atoms with van der Waals surface area (Å²) in [5.74, 6) is -2.56. The number of amides is 2. The third-order valence-electron chi connectivity index (χ3n) is 6.23. The van der Waals surface area contributed by atoms with E-state index in [0.29, 0.717) is 11.3 Å². The van der Waals surface area contributed by atoms with Crippen molar-refractivity contribution in [1.29, 1.82) is 5.26 Å². The number of benzene rings is 2. The lowest BCUT2D eigenvalue weighted by Gasteiger charge is -2.33. The first kappa shape index (κ1) is 19.1. The summed E-state index contributed by atoms with van der Waals surface area (Å²) < 4.78 is 4.98. The van der Waals surface area contributed by atoms with Gasteiger partial charge in [0.25, 0.3) is 0 Å². The van der Waals surface area contributed by atoms with Crippen molar-refractivity contribution in [3.8, 4) is 6.07 Å². The van der Waals surface area contributed by atoms with Gasteiger partial charge in [0.2, 0.25) is 11.8 Å². The molecule has 0 bridgehead atoms. The molecule has 2 fully saturated rings. The molecular weight excluding hydrogens is 394 g/mol. The first-order chi connectivity index (χ1) is 15.1. The molecule has 0 saturated carbocycles. The predicted octanol–water partition coefficient (Wildman–Crippen LogP) is 2.90. The van der Waals surface area contributed by atoms with E-state index >= 15 is 0 Å². The highest BCUT2D eigenvalue weighted by molar-refractivity contribution is 6.23.